The number of rotatable bonds is 3. The van der Waals surface area contributed by atoms with E-state index >= 15 is 0 Å². The van der Waals surface area contributed by atoms with E-state index in [-0.39, 0.29) is 0 Å². The molecule has 5 nitrogen and oxygen atoms in total. The number of hydrogen-bond acceptors (Lipinski definition) is 5. The molecule has 1 heterocycles. The lowest BCUT2D eigenvalue weighted by molar-refractivity contribution is -0.140. The molecule has 0 saturated carbocycles. The van der Waals surface area contributed by atoms with E-state index in [4.69, 9.17) is 0 Å². The number of hydrogen-bond donors (Lipinski definition) is 0. The fraction of sp³-hybridized carbons (Fsp3) is 0.333. The Morgan fingerprint density at radius 2 is 2.18 bits per heavy atom. The molecule has 0 fully saturated rings. The van der Waals surface area contributed by atoms with Gasteiger partial charge in [0.05, 0.1) is 7.11 Å². The van der Waals surface area contributed by atoms with E-state index in [9.17, 15) is 17.6 Å². The number of carbonyl (C=O) groups is 1. The first-order valence-corrected chi connectivity index (χ1v) is 7.09. The first kappa shape index (κ1) is 14.0. The molecular formula is C9H9BrFNO4S. The second-order valence-electron chi connectivity index (χ2n) is 3.25. The average molecular weight is 326 g/mol. The zero-order valence-electron chi connectivity index (χ0n) is 8.98. The molecule has 8 heteroatoms. The fourth-order valence-electron chi connectivity index (χ4n) is 1.21. The summed E-state index contributed by atoms with van der Waals surface area (Å²) in [6.07, 6.45) is 2.03. The predicted molar refractivity (Wildman–Crippen MR) is 61.5 cm³/mol. The van der Waals surface area contributed by atoms with E-state index in [0.29, 0.717) is 4.47 Å². The fourth-order valence-corrected chi connectivity index (χ4v) is 2.54. The average Bonchev–Trinajstić information content (AvgIpc) is 2.19. The molecule has 0 N–H and O–H groups in total. The molecule has 1 rings (SSSR count). The monoisotopic (exact) mass is 325 g/mol. The molecule has 0 aromatic carbocycles. The summed E-state index contributed by atoms with van der Waals surface area (Å²) in [4.78, 5) is 15.0. The van der Waals surface area contributed by atoms with Crippen LogP contribution in [-0.4, -0.2) is 32.7 Å². The van der Waals surface area contributed by atoms with Gasteiger partial charge >= 0.3 is 5.97 Å². The molecular weight excluding hydrogens is 317 g/mol. The minimum absolute atomic E-state index is 0.343. The van der Waals surface area contributed by atoms with E-state index in [0.717, 1.165) is 19.4 Å². The molecule has 1 aromatic heterocycles. The second-order valence-corrected chi connectivity index (χ2v) is 6.30. The first-order chi connectivity index (χ1) is 7.77. The van der Waals surface area contributed by atoms with Crippen molar-refractivity contribution in [2.75, 3.05) is 13.4 Å². The van der Waals surface area contributed by atoms with Crippen LogP contribution in [0.2, 0.25) is 0 Å². The molecule has 0 aliphatic heterocycles. The van der Waals surface area contributed by atoms with Crippen LogP contribution in [0.3, 0.4) is 0 Å². The van der Waals surface area contributed by atoms with Crippen molar-refractivity contribution in [2.45, 2.75) is 5.25 Å². The molecule has 1 unspecified atom stereocenters. The van der Waals surface area contributed by atoms with Crippen molar-refractivity contribution in [1.82, 2.24) is 4.98 Å². The quantitative estimate of drug-likeness (QED) is 0.782. The van der Waals surface area contributed by atoms with Gasteiger partial charge in [0.1, 0.15) is 11.5 Å². The van der Waals surface area contributed by atoms with Crippen LogP contribution in [0.15, 0.2) is 16.7 Å². The molecule has 1 aromatic rings. The van der Waals surface area contributed by atoms with Crippen molar-refractivity contribution < 1.29 is 22.3 Å². The number of esters is 1. The van der Waals surface area contributed by atoms with Crippen LogP contribution in [0.5, 0.6) is 0 Å². The van der Waals surface area contributed by atoms with E-state index in [1.165, 1.54) is 6.20 Å². The molecule has 1 atom stereocenters. The van der Waals surface area contributed by atoms with Crippen molar-refractivity contribution in [2.24, 2.45) is 0 Å². The van der Waals surface area contributed by atoms with Crippen molar-refractivity contribution in [3.05, 3.63) is 28.2 Å². The molecule has 0 bridgehead atoms. The normalized spacial score (nSPS) is 13.2. The summed E-state index contributed by atoms with van der Waals surface area (Å²) in [5, 5.41) is -1.75. The number of pyridine rings is 1. The minimum Gasteiger partial charge on any atom is -0.468 e. The summed E-state index contributed by atoms with van der Waals surface area (Å²) in [7, 11) is -2.83. The topological polar surface area (TPSA) is 73.3 Å². The number of halogens is 2. The van der Waals surface area contributed by atoms with Gasteiger partial charge in [-0.2, -0.15) is 0 Å². The second kappa shape index (κ2) is 5.09. The lowest BCUT2D eigenvalue weighted by Gasteiger charge is -2.12. The zero-order valence-corrected chi connectivity index (χ0v) is 11.4. The third-order valence-electron chi connectivity index (χ3n) is 1.93. The van der Waals surface area contributed by atoms with Crippen LogP contribution >= 0.6 is 15.9 Å². The van der Waals surface area contributed by atoms with Crippen molar-refractivity contribution in [1.29, 1.82) is 0 Å². The molecule has 0 spiro atoms. The SMILES string of the molecule is COC(=O)C(c1ncc(Br)cc1F)S(C)(=O)=O. The van der Waals surface area contributed by atoms with E-state index in [1.54, 1.807) is 0 Å². The number of sulfone groups is 1. The summed E-state index contributed by atoms with van der Waals surface area (Å²) >= 11 is 2.98. The van der Waals surface area contributed by atoms with Crippen molar-refractivity contribution in [3.8, 4) is 0 Å². The number of aromatic nitrogens is 1. The van der Waals surface area contributed by atoms with Crippen LogP contribution in [-0.2, 0) is 19.4 Å². The number of nitrogens with zero attached hydrogens (tertiary/aromatic N) is 1. The van der Waals surface area contributed by atoms with Gasteiger partial charge in [-0.05, 0) is 22.0 Å². The number of methoxy groups -OCH3 is 1. The van der Waals surface area contributed by atoms with Gasteiger partial charge in [-0.25, -0.2) is 12.8 Å². The van der Waals surface area contributed by atoms with Crippen LogP contribution < -0.4 is 0 Å². The third-order valence-corrected chi connectivity index (χ3v) is 3.63. The highest BCUT2D eigenvalue weighted by atomic mass is 79.9. The van der Waals surface area contributed by atoms with Crippen molar-refractivity contribution in [3.63, 3.8) is 0 Å². The van der Waals surface area contributed by atoms with Crippen molar-refractivity contribution >= 4 is 31.7 Å². The summed E-state index contributed by atoms with van der Waals surface area (Å²) < 4.78 is 41.1. The Morgan fingerprint density at radius 3 is 2.59 bits per heavy atom. The maximum atomic E-state index is 13.6. The maximum Gasteiger partial charge on any atom is 0.330 e. The largest absolute Gasteiger partial charge is 0.468 e. The Morgan fingerprint density at radius 1 is 1.59 bits per heavy atom. The standard InChI is InChI=1S/C9H9BrFNO4S/c1-16-9(13)8(17(2,14)15)7-6(11)3-5(10)4-12-7/h3-4,8H,1-2H3. The van der Waals surface area contributed by atoms with Gasteiger partial charge in [0, 0.05) is 16.9 Å². The molecule has 94 valence electrons. The Kier molecular flexibility index (Phi) is 4.21. The summed E-state index contributed by atoms with van der Waals surface area (Å²) in [6, 6.07) is 1.03. The highest BCUT2D eigenvalue weighted by Crippen LogP contribution is 2.25. The van der Waals surface area contributed by atoms with E-state index < -0.39 is 32.6 Å². The number of ether oxygens (including phenoxy) is 1. The van der Waals surface area contributed by atoms with Gasteiger partial charge in [-0.15, -0.1) is 0 Å². The lowest BCUT2D eigenvalue weighted by Crippen LogP contribution is -2.24. The first-order valence-electron chi connectivity index (χ1n) is 4.35. The van der Waals surface area contributed by atoms with Gasteiger partial charge in [0.25, 0.3) is 0 Å². The Bertz CT molecular complexity index is 546. The summed E-state index contributed by atoms with van der Waals surface area (Å²) in [5.41, 5.74) is -0.470. The molecule has 0 aliphatic carbocycles. The Labute approximate surface area is 106 Å². The molecule has 0 amide bonds. The highest BCUT2D eigenvalue weighted by molar-refractivity contribution is 9.10. The van der Waals surface area contributed by atoms with Crippen LogP contribution in [0.25, 0.3) is 0 Å². The number of carbonyl (C=O) groups excluding carboxylic acids is 1. The van der Waals surface area contributed by atoms with Crippen LogP contribution in [0.1, 0.15) is 10.9 Å². The predicted octanol–water partition coefficient (Wildman–Crippen LogP) is 1.24. The molecule has 0 aliphatic rings. The van der Waals surface area contributed by atoms with Gasteiger partial charge < -0.3 is 4.74 Å². The maximum absolute atomic E-state index is 13.6. The molecule has 0 saturated heterocycles. The molecule has 17 heavy (non-hydrogen) atoms. The summed E-state index contributed by atoms with van der Waals surface area (Å²) in [5.74, 6) is -1.96. The third kappa shape index (κ3) is 3.22. The minimum atomic E-state index is -3.86. The molecule has 0 radical (unpaired) electrons. The van der Waals surface area contributed by atoms with Gasteiger partial charge in [-0.3, -0.25) is 9.78 Å². The smallest absolute Gasteiger partial charge is 0.330 e. The highest BCUT2D eigenvalue weighted by Gasteiger charge is 2.35. The van der Waals surface area contributed by atoms with E-state index in [1.807, 2.05) is 0 Å². The van der Waals surface area contributed by atoms with E-state index in [2.05, 4.69) is 25.7 Å². The summed E-state index contributed by atoms with van der Waals surface area (Å²) in [6.45, 7) is 0. The van der Waals surface area contributed by atoms with Gasteiger partial charge in [-0.1, -0.05) is 0 Å². The zero-order chi connectivity index (χ0) is 13.2. The Hall–Kier alpha value is -1.02. The lowest BCUT2D eigenvalue weighted by atomic mass is 10.2. The van der Waals surface area contributed by atoms with Crippen LogP contribution in [0.4, 0.5) is 4.39 Å². The Balaban J connectivity index is 3.38. The van der Waals surface area contributed by atoms with Gasteiger partial charge in [0.15, 0.2) is 9.84 Å². The van der Waals surface area contributed by atoms with Gasteiger partial charge in [0.2, 0.25) is 5.25 Å². The van der Waals surface area contributed by atoms with Crippen LogP contribution in [0, 0.1) is 5.82 Å².